The summed E-state index contributed by atoms with van der Waals surface area (Å²) in [5, 5.41) is 7.95. The van der Waals surface area contributed by atoms with E-state index < -0.39 is 23.8 Å². The topological polar surface area (TPSA) is 110 Å². The van der Waals surface area contributed by atoms with E-state index in [1.807, 2.05) is 42.5 Å². The Morgan fingerprint density at radius 1 is 1.17 bits per heavy atom. The van der Waals surface area contributed by atoms with E-state index in [0.29, 0.717) is 18.9 Å². The minimum atomic E-state index is -0.606. The molecule has 1 aliphatic carbocycles. The number of aliphatic imine (C=N–C) groups is 1. The van der Waals surface area contributed by atoms with E-state index in [1.54, 1.807) is 13.2 Å². The van der Waals surface area contributed by atoms with Crippen molar-refractivity contribution in [2.45, 2.75) is 32.5 Å². The van der Waals surface area contributed by atoms with Gasteiger partial charge in [0.05, 0.1) is 25.8 Å². The minimum absolute atomic E-state index is 0.267. The number of rotatable bonds is 9. The summed E-state index contributed by atoms with van der Waals surface area (Å²) in [6.07, 6.45) is 5.15. The lowest BCUT2D eigenvalue weighted by Gasteiger charge is -2.17. The number of nitrogens with zero attached hydrogens (tertiary/aromatic N) is 1. The quantitative estimate of drug-likeness (QED) is 0.408. The SMILES string of the molecule is COCc1cc(C2=NC(C3=CC(C(=O)C(=N)CC(=O)OC)CC=C3)NO2)ccc1-c1ccccc1C. The number of carbonyl (C=O) groups is 2. The molecule has 2 N–H and O–H groups in total. The van der Waals surface area contributed by atoms with Gasteiger partial charge in [0.25, 0.3) is 0 Å². The van der Waals surface area contributed by atoms with Gasteiger partial charge in [0.1, 0.15) is 0 Å². The van der Waals surface area contributed by atoms with Crippen LogP contribution in [0.4, 0.5) is 0 Å². The molecule has 0 fully saturated rings. The lowest BCUT2D eigenvalue weighted by Crippen LogP contribution is -2.28. The zero-order valence-corrected chi connectivity index (χ0v) is 20.5. The van der Waals surface area contributed by atoms with Crippen LogP contribution < -0.4 is 5.48 Å². The fourth-order valence-corrected chi connectivity index (χ4v) is 4.30. The average Bonchev–Trinajstić information content (AvgIpc) is 3.39. The second kappa shape index (κ2) is 11.2. The highest BCUT2D eigenvalue weighted by atomic mass is 16.7. The standard InChI is InChI=1S/C28H29N3O5/c1-17-7-4-5-10-22(17)23-12-11-20(14-21(23)16-34-2)28-30-27(31-36-28)19-9-6-8-18(13-19)26(33)24(29)15-25(32)35-3/h4-7,9-14,18,27,29,31H,8,15-16H2,1-3H3. The maximum absolute atomic E-state index is 12.7. The lowest BCUT2D eigenvalue weighted by atomic mass is 9.89. The number of esters is 1. The average molecular weight is 488 g/mol. The maximum Gasteiger partial charge on any atom is 0.311 e. The van der Waals surface area contributed by atoms with Crippen LogP contribution in [0.15, 0.2) is 71.3 Å². The first kappa shape index (κ1) is 25.2. The largest absolute Gasteiger partial charge is 0.469 e. The first-order chi connectivity index (χ1) is 17.4. The van der Waals surface area contributed by atoms with Crippen molar-refractivity contribution in [1.29, 1.82) is 5.41 Å². The Hall–Kier alpha value is -3.88. The van der Waals surface area contributed by atoms with Gasteiger partial charge in [-0.3, -0.25) is 9.59 Å². The number of carbonyl (C=O) groups excluding carboxylic acids is 2. The Bertz CT molecular complexity index is 1280. The molecule has 1 aliphatic heterocycles. The number of hydrogen-bond donors (Lipinski definition) is 2. The van der Waals surface area contributed by atoms with Crippen molar-refractivity contribution in [2.24, 2.45) is 10.9 Å². The molecule has 4 rings (SSSR count). The Morgan fingerprint density at radius 3 is 2.72 bits per heavy atom. The van der Waals surface area contributed by atoms with E-state index in [4.69, 9.17) is 15.0 Å². The van der Waals surface area contributed by atoms with E-state index >= 15 is 0 Å². The van der Waals surface area contributed by atoms with Crippen LogP contribution in [0.2, 0.25) is 0 Å². The van der Waals surface area contributed by atoms with Crippen LogP contribution in [0.1, 0.15) is 29.5 Å². The molecule has 8 heteroatoms. The summed E-state index contributed by atoms with van der Waals surface area (Å²) in [7, 11) is 2.90. The summed E-state index contributed by atoms with van der Waals surface area (Å²) in [6.45, 7) is 2.52. The van der Waals surface area contributed by atoms with Gasteiger partial charge in [0.15, 0.2) is 11.9 Å². The van der Waals surface area contributed by atoms with Crippen molar-refractivity contribution >= 4 is 23.4 Å². The van der Waals surface area contributed by atoms with Crippen LogP contribution in [0, 0.1) is 18.3 Å². The van der Waals surface area contributed by atoms with Crippen molar-refractivity contribution < 1.29 is 23.9 Å². The monoisotopic (exact) mass is 487 g/mol. The molecule has 0 aromatic heterocycles. The number of aryl methyl sites for hydroxylation is 1. The van der Waals surface area contributed by atoms with Crippen molar-refractivity contribution in [2.75, 3.05) is 14.2 Å². The summed E-state index contributed by atoms with van der Waals surface area (Å²) in [5.41, 5.74) is 8.65. The van der Waals surface area contributed by atoms with Gasteiger partial charge >= 0.3 is 5.97 Å². The summed E-state index contributed by atoms with van der Waals surface area (Å²) >= 11 is 0. The lowest BCUT2D eigenvalue weighted by molar-refractivity contribution is -0.139. The van der Waals surface area contributed by atoms with Crippen LogP contribution in [0.5, 0.6) is 0 Å². The van der Waals surface area contributed by atoms with Crippen LogP contribution in [0.3, 0.4) is 0 Å². The molecule has 2 unspecified atom stereocenters. The normalized spacial score (nSPS) is 18.8. The number of methoxy groups -OCH3 is 2. The van der Waals surface area contributed by atoms with Crippen LogP contribution in [-0.2, 0) is 30.5 Å². The van der Waals surface area contributed by atoms with Gasteiger partial charge in [-0.15, -0.1) is 5.48 Å². The van der Waals surface area contributed by atoms with Gasteiger partial charge in [0, 0.05) is 18.6 Å². The number of allylic oxidation sites excluding steroid dienone is 2. The molecule has 2 aromatic carbocycles. The number of hydroxylamine groups is 1. The molecule has 0 spiro atoms. The fourth-order valence-electron chi connectivity index (χ4n) is 4.30. The van der Waals surface area contributed by atoms with Crippen molar-refractivity contribution in [3.63, 3.8) is 0 Å². The molecule has 1 heterocycles. The summed E-state index contributed by atoms with van der Waals surface area (Å²) in [6, 6.07) is 14.2. The second-order valence-corrected chi connectivity index (χ2v) is 8.68. The maximum atomic E-state index is 12.7. The molecule has 0 saturated carbocycles. The number of hydrogen-bond acceptors (Lipinski definition) is 8. The Kier molecular flexibility index (Phi) is 7.87. The highest BCUT2D eigenvalue weighted by Crippen LogP contribution is 2.30. The van der Waals surface area contributed by atoms with E-state index in [1.165, 1.54) is 12.7 Å². The van der Waals surface area contributed by atoms with Crippen molar-refractivity contribution in [1.82, 2.24) is 5.48 Å². The number of ether oxygens (including phenoxy) is 2. The smallest absolute Gasteiger partial charge is 0.311 e. The number of nitrogens with one attached hydrogen (secondary N) is 2. The second-order valence-electron chi connectivity index (χ2n) is 8.68. The van der Waals surface area contributed by atoms with Gasteiger partial charge < -0.3 is 19.7 Å². The number of benzene rings is 2. The molecular formula is C28H29N3O5. The van der Waals surface area contributed by atoms with Crippen molar-refractivity contribution in [3.8, 4) is 11.1 Å². The first-order valence-electron chi connectivity index (χ1n) is 11.7. The summed E-state index contributed by atoms with van der Waals surface area (Å²) in [5.74, 6) is -1.11. The first-order valence-corrected chi connectivity index (χ1v) is 11.7. The number of Topliss-reactive ketones (excluding diaryl/α,β-unsaturated/α-hetero) is 1. The van der Waals surface area contributed by atoms with E-state index in [2.05, 4.69) is 34.3 Å². The molecule has 0 bridgehead atoms. The Labute approximate surface area is 210 Å². The molecule has 0 amide bonds. The zero-order valence-electron chi connectivity index (χ0n) is 20.5. The van der Waals surface area contributed by atoms with Gasteiger partial charge in [-0.05, 0) is 53.3 Å². The molecule has 8 nitrogen and oxygen atoms in total. The van der Waals surface area contributed by atoms with E-state index in [0.717, 1.165) is 27.8 Å². The Morgan fingerprint density at radius 2 is 1.97 bits per heavy atom. The predicted molar refractivity (Wildman–Crippen MR) is 137 cm³/mol. The summed E-state index contributed by atoms with van der Waals surface area (Å²) < 4.78 is 10.0. The third-order valence-electron chi connectivity index (χ3n) is 6.19. The fraction of sp³-hybridized carbons (Fsp3) is 0.286. The number of ketones is 1. The summed E-state index contributed by atoms with van der Waals surface area (Å²) in [4.78, 5) is 34.5. The van der Waals surface area contributed by atoms with Crippen LogP contribution in [0.25, 0.3) is 11.1 Å². The predicted octanol–water partition coefficient (Wildman–Crippen LogP) is 4.07. The third kappa shape index (κ3) is 5.50. The molecule has 0 radical (unpaired) electrons. The van der Waals surface area contributed by atoms with Gasteiger partial charge in [-0.25, -0.2) is 4.99 Å². The molecule has 2 aromatic rings. The molecule has 2 aliphatic rings. The van der Waals surface area contributed by atoms with Crippen molar-refractivity contribution in [3.05, 3.63) is 83.0 Å². The zero-order chi connectivity index (χ0) is 25.7. The van der Waals surface area contributed by atoms with Gasteiger partial charge in [0.2, 0.25) is 5.90 Å². The Balaban J connectivity index is 1.55. The molecular weight excluding hydrogens is 458 g/mol. The molecule has 0 saturated heterocycles. The molecule has 36 heavy (non-hydrogen) atoms. The molecule has 2 atom stereocenters. The third-order valence-corrected chi connectivity index (χ3v) is 6.19. The van der Waals surface area contributed by atoms with Crippen LogP contribution in [-0.4, -0.2) is 43.7 Å². The van der Waals surface area contributed by atoms with Gasteiger partial charge in [-0.1, -0.05) is 48.6 Å². The highest BCUT2D eigenvalue weighted by molar-refractivity contribution is 6.42. The van der Waals surface area contributed by atoms with Gasteiger partial charge in [-0.2, -0.15) is 0 Å². The van der Waals surface area contributed by atoms with Crippen LogP contribution >= 0.6 is 0 Å². The van der Waals surface area contributed by atoms with E-state index in [9.17, 15) is 9.59 Å². The van der Waals surface area contributed by atoms with E-state index in [-0.39, 0.29) is 12.1 Å². The minimum Gasteiger partial charge on any atom is -0.469 e. The molecule has 186 valence electrons. The highest BCUT2D eigenvalue weighted by Gasteiger charge is 2.28.